The number of imidazole rings is 1. The number of H-pyrrole nitrogens is 2. The Kier molecular flexibility index (Phi) is 6.63. The van der Waals surface area contributed by atoms with Crippen LogP contribution in [-0.2, 0) is 9.59 Å². The number of aromatic amines is 2. The number of anilines is 1. The number of likely N-dealkylation sites (tertiary alicyclic amines) is 1. The smallest absolute Gasteiger partial charge is 0.256 e. The molecule has 0 saturated carbocycles. The van der Waals surface area contributed by atoms with Crippen LogP contribution in [-0.4, -0.2) is 59.9 Å². The zero-order chi connectivity index (χ0) is 25.9. The van der Waals surface area contributed by atoms with Gasteiger partial charge in [0.05, 0.1) is 16.7 Å². The van der Waals surface area contributed by atoms with Gasteiger partial charge in [-0.05, 0) is 44.0 Å². The highest BCUT2D eigenvalue weighted by Crippen LogP contribution is 2.30. The molecular weight excluding hydrogens is 468 g/mol. The Hall–Kier alpha value is -4.60. The Labute approximate surface area is 213 Å². The zero-order valence-corrected chi connectivity index (χ0v) is 20.8. The monoisotopic (exact) mass is 496 g/mol. The molecule has 1 aliphatic heterocycles. The summed E-state index contributed by atoms with van der Waals surface area (Å²) in [4.78, 5) is 43.6. The topological polar surface area (TPSA) is 133 Å². The standard InChI is InChI=1S/C27H28N8O2/c1-4-8-19(27(37)35-11-6-7-12-35)23-16(3)30-26(32-23)24-20-13-18(15-29-25(20)34-33-24)17-9-10-21(28-14-17)31-22(36)5-2/h4,8-10,13-15H,1,5-7,11-12H2,2-3H3,(H,30,32)(H,28,31,36)(H,29,33,34)/b19-8+. The van der Waals surface area contributed by atoms with Crippen molar-refractivity contribution in [2.45, 2.75) is 33.1 Å². The van der Waals surface area contributed by atoms with Gasteiger partial charge in [-0.2, -0.15) is 5.10 Å². The van der Waals surface area contributed by atoms with Gasteiger partial charge < -0.3 is 15.2 Å². The van der Waals surface area contributed by atoms with Crippen LogP contribution >= 0.6 is 0 Å². The van der Waals surface area contributed by atoms with Crippen LogP contribution in [0, 0.1) is 6.92 Å². The molecule has 4 aromatic rings. The molecule has 1 fully saturated rings. The fourth-order valence-corrected chi connectivity index (χ4v) is 4.41. The molecule has 5 rings (SSSR count). The summed E-state index contributed by atoms with van der Waals surface area (Å²) in [6.07, 6.45) is 9.17. The fourth-order valence-electron chi connectivity index (χ4n) is 4.41. The number of carbonyl (C=O) groups is 2. The van der Waals surface area contributed by atoms with Crippen molar-refractivity contribution in [1.29, 1.82) is 0 Å². The predicted molar refractivity (Wildman–Crippen MR) is 142 cm³/mol. The molecule has 5 heterocycles. The van der Waals surface area contributed by atoms with Gasteiger partial charge in [0.1, 0.15) is 11.5 Å². The number of amides is 2. The molecule has 0 bridgehead atoms. The van der Waals surface area contributed by atoms with E-state index in [4.69, 9.17) is 4.98 Å². The van der Waals surface area contributed by atoms with E-state index in [9.17, 15) is 9.59 Å². The van der Waals surface area contributed by atoms with Gasteiger partial charge >= 0.3 is 0 Å². The van der Waals surface area contributed by atoms with Crippen LogP contribution in [0.3, 0.4) is 0 Å². The van der Waals surface area contributed by atoms with Gasteiger partial charge in [0.2, 0.25) is 5.91 Å². The Bertz CT molecular complexity index is 1510. The van der Waals surface area contributed by atoms with Crippen molar-refractivity contribution in [3.8, 4) is 22.6 Å². The number of aromatic nitrogens is 6. The molecule has 3 N–H and O–H groups in total. The van der Waals surface area contributed by atoms with Crippen LogP contribution in [0.4, 0.5) is 5.82 Å². The van der Waals surface area contributed by atoms with E-state index in [1.165, 1.54) is 0 Å². The molecule has 1 aliphatic rings. The van der Waals surface area contributed by atoms with Crippen molar-refractivity contribution in [3.05, 3.63) is 60.7 Å². The maximum absolute atomic E-state index is 13.2. The quantitative estimate of drug-likeness (QED) is 0.259. The number of allylic oxidation sites excluding steroid dienone is 2. The number of hydrogen-bond donors (Lipinski definition) is 3. The summed E-state index contributed by atoms with van der Waals surface area (Å²) in [5.74, 6) is 0.934. The summed E-state index contributed by atoms with van der Waals surface area (Å²) in [5.41, 5.74) is 4.79. The highest BCUT2D eigenvalue weighted by Gasteiger charge is 2.26. The largest absolute Gasteiger partial charge is 0.340 e. The lowest BCUT2D eigenvalue weighted by molar-refractivity contribution is -0.124. The van der Waals surface area contributed by atoms with Crippen LogP contribution in [0.1, 0.15) is 37.6 Å². The molecule has 1 saturated heterocycles. The second-order valence-corrected chi connectivity index (χ2v) is 8.90. The molecule has 2 amide bonds. The molecule has 0 spiro atoms. The van der Waals surface area contributed by atoms with Crippen molar-refractivity contribution in [2.75, 3.05) is 18.4 Å². The summed E-state index contributed by atoms with van der Waals surface area (Å²) in [6.45, 7) is 8.98. The summed E-state index contributed by atoms with van der Waals surface area (Å²) in [7, 11) is 0. The predicted octanol–water partition coefficient (Wildman–Crippen LogP) is 4.26. The minimum absolute atomic E-state index is 0.0388. The van der Waals surface area contributed by atoms with E-state index >= 15 is 0 Å². The van der Waals surface area contributed by atoms with E-state index in [-0.39, 0.29) is 11.8 Å². The van der Waals surface area contributed by atoms with E-state index in [1.807, 2.05) is 24.0 Å². The van der Waals surface area contributed by atoms with Gasteiger partial charge in [0, 0.05) is 48.7 Å². The number of rotatable bonds is 7. The molecule has 0 radical (unpaired) electrons. The van der Waals surface area contributed by atoms with E-state index in [2.05, 4.69) is 37.0 Å². The zero-order valence-electron chi connectivity index (χ0n) is 20.8. The SMILES string of the molecule is C=C/C=C(/C(=O)N1CCCC1)c1nc(-c2[nH]nc3ncc(-c4ccc(NC(=O)CC)nc4)cc23)[nH]c1C. The molecule has 0 aromatic carbocycles. The normalized spacial score (nSPS) is 13.8. The first-order valence-electron chi connectivity index (χ1n) is 12.3. The van der Waals surface area contributed by atoms with Gasteiger partial charge in [0.25, 0.3) is 5.91 Å². The molecule has 10 nitrogen and oxygen atoms in total. The van der Waals surface area contributed by atoms with Crippen molar-refractivity contribution in [2.24, 2.45) is 0 Å². The maximum Gasteiger partial charge on any atom is 0.256 e. The van der Waals surface area contributed by atoms with E-state index in [1.54, 1.807) is 37.5 Å². The van der Waals surface area contributed by atoms with E-state index in [0.29, 0.717) is 40.7 Å². The average molecular weight is 497 g/mol. The molecule has 4 aromatic heterocycles. The molecule has 0 unspecified atom stereocenters. The van der Waals surface area contributed by atoms with Crippen molar-refractivity contribution in [1.82, 2.24) is 35.0 Å². The third kappa shape index (κ3) is 4.77. The maximum atomic E-state index is 13.2. The first-order chi connectivity index (χ1) is 18.0. The molecule has 0 aliphatic carbocycles. The molecule has 188 valence electrons. The molecule has 10 heteroatoms. The Morgan fingerprint density at radius 1 is 1.16 bits per heavy atom. The van der Waals surface area contributed by atoms with Gasteiger partial charge in [-0.25, -0.2) is 15.0 Å². The fraction of sp³-hybridized carbons (Fsp3) is 0.259. The first-order valence-corrected chi connectivity index (χ1v) is 12.3. The van der Waals surface area contributed by atoms with E-state index < -0.39 is 0 Å². The number of nitrogens with zero attached hydrogens (tertiary/aromatic N) is 5. The van der Waals surface area contributed by atoms with Crippen molar-refractivity contribution >= 4 is 34.2 Å². The van der Waals surface area contributed by atoms with Crippen LogP contribution in [0.5, 0.6) is 0 Å². The van der Waals surface area contributed by atoms with Crippen LogP contribution in [0.25, 0.3) is 39.3 Å². The summed E-state index contributed by atoms with van der Waals surface area (Å²) in [6, 6.07) is 5.61. The number of hydrogen-bond acceptors (Lipinski definition) is 6. The minimum Gasteiger partial charge on any atom is -0.340 e. The number of carbonyl (C=O) groups excluding carboxylic acids is 2. The van der Waals surface area contributed by atoms with Crippen molar-refractivity contribution < 1.29 is 9.59 Å². The van der Waals surface area contributed by atoms with Gasteiger partial charge in [-0.1, -0.05) is 19.6 Å². The third-order valence-corrected chi connectivity index (χ3v) is 6.38. The molecule has 0 atom stereocenters. The van der Waals surface area contributed by atoms with Crippen molar-refractivity contribution in [3.63, 3.8) is 0 Å². The lowest BCUT2D eigenvalue weighted by atomic mass is 10.1. The molecule has 37 heavy (non-hydrogen) atoms. The number of nitrogens with one attached hydrogen (secondary N) is 3. The highest BCUT2D eigenvalue weighted by molar-refractivity contribution is 6.19. The molecular formula is C27H28N8O2. The second kappa shape index (κ2) is 10.2. The summed E-state index contributed by atoms with van der Waals surface area (Å²) >= 11 is 0. The Morgan fingerprint density at radius 2 is 1.95 bits per heavy atom. The number of aryl methyl sites for hydroxylation is 1. The lowest BCUT2D eigenvalue weighted by Gasteiger charge is -2.16. The van der Waals surface area contributed by atoms with Crippen LogP contribution < -0.4 is 5.32 Å². The second-order valence-electron chi connectivity index (χ2n) is 8.90. The average Bonchev–Trinajstić information content (AvgIpc) is 3.67. The van der Waals surface area contributed by atoms with Gasteiger partial charge in [0.15, 0.2) is 11.5 Å². The number of fused-ring (bicyclic) bond motifs is 1. The third-order valence-electron chi connectivity index (χ3n) is 6.38. The van der Waals surface area contributed by atoms with Crippen LogP contribution in [0.2, 0.25) is 0 Å². The summed E-state index contributed by atoms with van der Waals surface area (Å²) in [5, 5.41) is 10.9. The Morgan fingerprint density at radius 3 is 2.65 bits per heavy atom. The highest BCUT2D eigenvalue weighted by atomic mass is 16.2. The minimum atomic E-state index is -0.0901. The van der Waals surface area contributed by atoms with Crippen LogP contribution in [0.15, 0.2) is 49.3 Å². The lowest BCUT2D eigenvalue weighted by Crippen LogP contribution is -2.28. The Balaban J connectivity index is 1.48. The number of pyridine rings is 2. The van der Waals surface area contributed by atoms with E-state index in [0.717, 1.165) is 48.1 Å². The summed E-state index contributed by atoms with van der Waals surface area (Å²) < 4.78 is 0. The van der Waals surface area contributed by atoms with Gasteiger partial charge in [-0.15, -0.1) is 0 Å². The first kappa shape index (κ1) is 24.1. The van der Waals surface area contributed by atoms with Gasteiger partial charge in [-0.3, -0.25) is 14.7 Å².